The van der Waals surface area contributed by atoms with Crippen LogP contribution in [0.4, 0.5) is 8.78 Å². The molecule has 20 heavy (non-hydrogen) atoms. The molecule has 1 aromatic rings. The Morgan fingerprint density at radius 3 is 2.55 bits per heavy atom. The molecule has 0 aliphatic heterocycles. The molecule has 0 aromatic heterocycles. The summed E-state index contributed by atoms with van der Waals surface area (Å²) in [5, 5.41) is 8.64. The maximum absolute atomic E-state index is 13.7. The second-order valence-electron chi connectivity index (χ2n) is 3.47. The van der Waals surface area contributed by atoms with E-state index in [-0.39, 0.29) is 13.2 Å². The lowest BCUT2D eigenvalue weighted by atomic mass is 10.2. The molecule has 0 bridgehead atoms. The van der Waals surface area contributed by atoms with E-state index in [9.17, 15) is 22.0 Å². The summed E-state index contributed by atoms with van der Waals surface area (Å²) < 4.78 is 54.8. The van der Waals surface area contributed by atoms with Gasteiger partial charge in [0.05, 0.1) is 13.2 Å². The first-order valence-corrected chi connectivity index (χ1v) is 6.63. The second kappa shape index (κ2) is 6.70. The zero-order valence-electron chi connectivity index (χ0n) is 10.2. The summed E-state index contributed by atoms with van der Waals surface area (Å²) in [4.78, 5) is 15.7. The van der Waals surface area contributed by atoms with E-state index in [1.807, 2.05) is 0 Å². The third-order valence-corrected chi connectivity index (χ3v) is 3.35. The van der Waals surface area contributed by atoms with Crippen LogP contribution >= 0.6 is 0 Å². The van der Waals surface area contributed by atoms with Crippen molar-refractivity contribution < 1.29 is 36.7 Å². The van der Waals surface area contributed by atoms with Crippen molar-refractivity contribution in [3.05, 3.63) is 29.3 Å². The summed E-state index contributed by atoms with van der Waals surface area (Å²) >= 11 is 0. The highest BCUT2D eigenvalue weighted by atomic mass is 32.2. The van der Waals surface area contributed by atoms with E-state index in [2.05, 4.69) is 9.57 Å². The summed E-state index contributed by atoms with van der Waals surface area (Å²) in [6.45, 7) is -0.0703. The number of ether oxygens (including phenoxy) is 1. The Labute approximate surface area is 113 Å². The number of sulfonamides is 1. The van der Waals surface area contributed by atoms with Crippen LogP contribution in [0.1, 0.15) is 10.4 Å². The van der Waals surface area contributed by atoms with Gasteiger partial charge in [0, 0.05) is 7.11 Å². The zero-order chi connectivity index (χ0) is 15.3. The fourth-order valence-electron chi connectivity index (χ4n) is 1.23. The van der Waals surface area contributed by atoms with Crippen molar-refractivity contribution in [1.29, 1.82) is 0 Å². The lowest BCUT2D eigenvalue weighted by Gasteiger charge is -2.09. The monoisotopic (exact) mass is 311 g/mol. The van der Waals surface area contributed by atoms with E-state index in [0.29, 0.717) is 12.1 Å². The van der Waals surface area contributed by atoms with E-state index < -0.39 is 38.1 Å². The quantitative estimate of drug-likeness (QED) is 0.562. The molecule has 1 rings (SSSR count). The van der Waals surface area contributed by atoms with Crippen LogP contribution in [0.25, 0.3) is 0 Å². The lowest BCUT2D eigenvalue weighted by Crippen LogP contribution is -2.27. The molecule has 10 heteroatoms. The van der Waals surface area contributed by atoms with Gasteiger partial charge in [0.1, 0.15) is 16.3 Å². The Morgan fingerprint density at radius 2 is 2.00 bits per heavy atom. The number of aromatic carboxylic acids is 1. The average molecular weight is 311 g/mol. The van der Waals surface area contributed by atoms with Crippen LogP contribution < -0.4 is 4.89 Å². The molecule has 7 nitrogen and oxygen atoms in total. The number of nitrogens with one attached hydrogen (secondary N) is 1. The summed E-state index contributed by atoms with van der Waals surface area (Å²) in [5.41, 5.74) is -1.36. The standard InChI is InChI=1S/C10H11F2NO6S/c1-18-4-5-19-13-20(16,17)7-3-2-6(11)8(9(7)12)10(14)15/h2-3,13H,4-5H2,1H3,(H,14,15). The Hall–Kier alpha value is -1.62. The molecule has 0 aliphatic carbocycles. The fraction of sp³-hybridized carbons (Fsp3) is 0.300. The molecule has 0 saturated heterocycles. The van der Waals surface area contributed by atoms with E-state index in [1.165, 1.54) is 7.11 Å². The first-order chi connectivity index (χ1) is 9.31. The zero-order valence-corrected chi connectivity index (χ0v) is 11.0. The lowest BCUT2D eigenvalue weighted by molar-refractivity contribution is 0.0437. The number of rotatable bonds is 7. The minimum Gasteiger partial charge on any atom is -0.477 e. The number of hydrogen-bond donors (Lipinski definition) is 2. The van der Waals surface area contributed by atoms with Crippen molar-refractivity contribution in [2.24, 2.45) is 0 Å². The van der Waals surface area contributed by atoms with E-state index in [0.717, 1.165) is 0 Å². The maximum atomic E-state index is 13.7. The van der Waals surface area contributed by atoms with Crippen LogP contribution in [0.2, 0.25) is 0 Å². The Kier molecular flexibility index (Phi) is 5.51. The van der Waals surface area contributed by atoms with Crippen molar-refractivity contribution in [2.45, 2.75) is 4.90 Å². The van der Waals surface area contributed by atoms with Crippen molar-refractivity contribution in [1.82, 2.24) is 4.89 Å². The average Bonchev–Trinajstić information content (AvgIpc) is 2.34. The molecule has 0 radical (unpaired) electrons. The normalized spacial score (nSPS) is 11.6. The van der Waals surface area contributed by atoms with Gasteiger partial charge in [-0.1, -0.05) is 4.89 Å². The molecule has 0 atom stereocenters. The van der Waals surface area contributed by atoms with Crippen LogP contribution in [0, 0.1) is 11.6 Å². The molecular formula is C10H11F2NO6S. The first-order valence-electron chi connectivity index (χ1n) is 5.15. The van der Waals surface area contributed by atoms with Crippen LogP contribution in [-0.2, 0) is 19.6 Å². The molecule has 0 unspecified atom stereocenters. The van der Waals surface area contributed by atoms with Crippen molar-refractivity contribution in [2.75, 3.05) is 20.3 Å². The van der Waals surface area contributed by atoms with Gasteiger partial charge in [-0.15, -0.1) is 0 Å². The van der Waals surface area contributed by atoms with Crippen LogP contribution in [-0.4, -0.2) is 39.8 Å². The molecule has 1 aromatic carbocycles. The number of carboxylic acid groups (broad SMARTS) is 1. The van der Waals surface area contributed by atoms with Gasteiger partial charge < -0.3 is 9.84 Å². The van der Waals surface area contributed by atoms with Crippen LogP contribution in [0.5, 0.6) is 0 Å². The van der Waals surface area contributed by atoms with Crippen molar-refractivity contribution in [3.8, 4) is 0 Å². The molecule has 2 N–H and O–H groups in total. The SMILES string of the molecule is COCCONS(=O)(=O)c1ccc(F)c(C(=O)O)c1F. The molecule has 0 saturated carbocycles. The Balaban J connectivity index is 3.07. The summed E-state index contributed by atoms with van der Waals surface area (Å²) in [7, 11) is -3.12. The molecule has 0 spiro atoms. The Morgan fingerprint density at radius 1 is 1.35 bits per heavy atom. The number of halogens is 2. The van der Waals surface area contributed by atoms with Gasteiger partial charge >= 0.3 is 5.97 Å². The first kappa shape index (κ1) is 16.4. The molecule has 0 heterocycles. The van der Waals surface area contributed by atoms with Crippen molar-refractivity contribution >= 4 is 16.0 Å². The largest absolute Gasteiger partial charge is 0.477 e. The van der Waals surface area contributed by atoms with Gasteiger partial charge in [-0.25, -0.2) is 22.0 Å². The molecule has 0 amide bonds. The van der Waals surface area contributed by atoms with Crippen LogP contribution in [0.3, 0.4) is 0 Å². The van der Waals surface area contributed by atoms with Gasteiger partial charge in [-0.2, -0.15) is 0 Å². The smallest absolute Gasteiger partial charge is 0.341 e. The van der Waals surface area contributed by atoms with Gasteiger partial charge in [0.2, 0.25) is 0 Å². The third kappa shape index (κ3) is 3.70. The minimum absolute atomic E-state index is 0.0782. The summed E-state index contributed by atoms with van der Waals surface area (Å²) in [6.07, 6.45) is 0. The number of hydrogen-bond acceptors (Lipinski definition) is 5. The van der Waals surface area contributed by atoms with Gasteiger partial charge in [0.25, 0.3) is 10.0 Å². The number of methoxy groups -OCH3 is 1. The van der Waals surface area contributed by atoms with Crippen molar-refractivity contribution in [3.63, 3.8) is 0 Å². The van der Waals surface area contributed by atoms with Crippen LogP contribution in [0.15, 0.2) is 17.0 Å². The van der Waals surface area contributed by atoms with E-state index >= 15 is 0 Å². The van der Waals surface area contributed by atoms with Gasteiger partial charge in [-0.3, -0.25) is 4.84 Å². The maximum Gasteiger partial charge on any atom is 0.341 e. The second-order valence-corrected chi connectivity index (χ2v) is 5.08. The summed E-state index contributed by atoms with van der Waals surface area (Å²) in [5.74, 6) is -5.01. The Bertz CT molecular complexity index is 604. The molecule has 112 valence electrons. The topological polar surface area (TPSA) is 102 Å². The minimum atomic E-state index is -4.48. The highest BCUT2D eigenvalue weighted by Gasteiger charge is 2.27. The number of carbonyl (C=O) groups is 1. The predicted octanol–water partition coefficient (Wildman–Crippen LogP) is 0.519. The third-order valence-electron chi connectivity index (χ3n) is 2.12. The van der Waals surface area contributed by atoms with E-state index in [4.69, 9.17) is 5.11 Å². The highest BCUT2D eigenvalue weighted by molar-refractivity contribution is 7.89. The number of carboxylic acids is 1. The number of benzene rings is 1. The predicted molar refractivity (Wildman–Crippen MR) is 61.5 cm³/mol. The van der Waals surface area contributed by atoms with E-state index in [1.54, 1.807) is 4.89 Å². The molecular weight excluding hydrogens is 300 g/mol. The molecule has 0 aliphatic rings. The van der Waals surface area contributed by atoms with Gasteiger partial charge in [0.15, 0.2) is 5.82 Å². The fourth-order valence-corrected chi connectivity index (χ4v) is 2.14. The highest BCUT2D eigenvalue weighted by Crippen LogP contribution is 2.21. The summed E-state index contributed by atoms with van der Waals surface area (Å²) in [6, 6.07) is 1.13. The van der Waals surface area contributed by atoms with Gasteiger partial charge in [-0.05, 0) is 12.1 Å². The molecule has 0 fully saturated rings.